The van der Waals surface area contributed by atoms with E-state index in [0.717, 1.165) is 38.4 Å². The molecule has 0 atom stereocenters. The summed E-state index contributed by atoms with van der Waals surface area (Å²) in [5.74, 6) is -0.0609. The summed E-state index contributed by atoms with van der Waals surface area (Å²) >= 11 is 0. The Balaban J connectivity index is 1.52. The summed E-state index contributed by atoms with van der Waals surface area (Å²) in [5.41, 5.74) is 1.08. The van der Waals surface area contributed by atoms with Crippen molar-refractivity contribution in [2.45, 2.75) is 6.61 Å². The topological polar surface area (TPSA) is 50.8 Å². The quantitative estimate of drug-likeness (QED) is 0.796. The molecular weight excluding hydrogens is 256 g/mol. The highest BCUT2D eigenvalue weighted by Gasteiger charge is 2.10. The predicted molar refractivity (Wildman–Crippen MR) is 76.4 cm³/mol. The first-order valence-corrected chi connectivity index (χ1v) is 7.03. The summed E-state index contributed by atoms with van der Waals surface area (Å²) in [5, 5.41) is 2.87. The molecule has 0 aromatic heterocycles. The van der Waals surface area contributed by atoms with Gasteiger partial charge >= 0.3 is 0 Å². The van der Waals surface area contributed by atoms with E-state index in [2.05, 4.69) is 10.2 Å². The number of nitrogens with zero attached hydrogens (tertiary/aromatic N) is 1. The Morgan fingerprint density at radius 1 is 1.25 bits per heavy atom. The minimum Gasteiger partial charge on any atom is -0.379 e. The number of hydrogen-bond donors (Lipinski definition) is 1. The van der Waals surface area contributed by atoms with Crippen molar-refractivity contribution < 1.29 is 14.3 Å². The Morgan fingerprint density at radius 3 is 2.75 bits per heavy atom. The van der Waals surface area contributed by atoms with Gasteiger partial charge in [0.2, 0.25) is 5.91 Å². The smallest absolute Gasteiger partial charge is 0.246 e. The standard InChI is InChI=1S/C15H22N2O3/c18-15(13-20-12-14-4-2-1-3-5-14)16-6-7-17-8-10-19-11-9-17/h1-5H,6-13H2,(H,16,18). The molecule has 1 aliphatic heterocycles. The van der Waals surface area contributed by atoms with Gasteiger partial charge in [-0.25, -0.2) is 0 Å². The van der Waals surface area contributed by atoms with Crippen LogP contribution in [0.4, 0.5) is 0 Å². The van der Waals surface area contributed by atoms with Crippen LogP contribution in [-0.2, 0) is 20.9 Å². The van der Waals surface area contributed by atoms with Crippen LogP contribution in [0.1, 0.15) is 5.56 Å². The molecule has 0 spiro atoms. The normalized spacial score (nSPS) is 16.0. The van der Waals surface area contributed by atoms with E-state index in [4.69, 9.17) is 9.47 Å². The number of benzene rings is 1. The third kappa shape index (κ3) is 5.69. The molecule has 1 saturated heterocycles. The molecule has 5 nitrogen and oxygen atoms in total. The highest BCUT2D eigenvalue weighted by Crippen LogP contribution is 2.00. The average Bonchev–Trinajstić information content (AvgIpc) is 2.49. The maximum atomic E-state index is 11.6. The van der Waals surface area contributed by atoms with Crippen LogP contribution in [0.15, 0.2) is 30.3 Å². The van der Waals surface area contributed by atoms with Crippen LogP contribution < -0.4 is 5.32 Å². The van der Waals surface area contributed by atoms with Crippen molar-refractivity contribution in [1.82, 2.24) is 10.2 Å². The zero-order valence-electron chi connectivity index (χ0n) is 11.7. The summed E-state index contributed by atoms with van der Waals surface area (Å²) in [4.78, 5) is 13.9. The Morgan fingerprint density at radius 2 is 2.00 bits per heavy atom. The van der Waals surface area contributed by atoms with Crippen molar-refractivity contribution in [1.29, 1.82) is 0 Å². The molecule has 0 unspecified atom stereocenters. The van der Waals surface area contributed by atoms with Crippen molar-refractivity contribution in [3.8, 4) is 0 Å². The molecule has 2 rings (SSSR count). The number of carbonyl (C=O) groups is 1. The van der Waals surface area contributed by atoms with E-state index >= 15 is 0 Å². The van der Waals surface area contributed by atoms with Crippen LogP contribution in [0.5, 0.6) is 0 Å². The Kier molecular flexibility index (Phi) is 6.50. The number of rotatable bonds is 7. The molecule has 1 heterocycles. The molecule has 1 aromatic rings. The molecule has 0 saturated carbocycles. The SMILES string of the molecule is O=C(COCc1ccccc1)NCCN1CCOCC1. The van der Waals surface area contributed by atoms with Gasteiger partial charge in [0.25, 0.3) is 0 Å². The summed E-state index contributed by atoms with van der Waals surface area (Å²) in [6, 6.07) is 9.84. The molecule has 1 aromatic carbocycles. The number of morpholine rings is 1. The highest BCUT2D eigenvalue weighted by molar-refractivity contribution is 5.77. The van der Waals surface area contributed by atoms with Crippen LogP contribution in [0.2, 0.25) is 0 Å². The number of ether oxygens (including phenoxy) is 2. The lowest BCUT2D eigenvalue weighted by Crippen LogP contribution is -2.41. The van der Waals surface area contributed by atoms with Gasteiger partial charge in [-0.15, -0.1) is 0 Å². The van der Waals surface area contributed by atoms with E-state index in [0.29, 0.717) is 13.2 Å². The zero-order valence-corrected chi connectivity index (χ0v) is 11.7. The molecule has 1 amide bonds. The maximum absolute atomic E-state index is 11.6. The zero-order chi connectivity index (χ0) is 14.0. The molecule has 0 radical (unpaired) electrons. The second-order valence-electron chi connectivity index (χ2n) is 4.78. The first kappa shape index (κ1) is 15.0. The number of amides is 1. The summed E-state index contributed by atoms with van der Waals surface area (Å²) in [6.07, 6.45) is 0. The van der Waals surface area contributed by atoms with Gasteiger partial charge in [-0.2, -0.15) is 0 Å². The van der Waals surface area contributed by atoms with Crippen LogP contribution >= 0.6 is 0 Å². The largest absolute Gasteiger partial charge is 0.379 e. The Hall–Kier alpha value is -1.43. The lowest BCUT2D eigenvalue weighted by Gasteiger charge is -2.26. The molecule has 110 valence electrons. The van der Waals surface area contributed by atoms with E-state index in [1.165, 1.54) is 0 Å². The lowest BCUT2D eigenvalue weighted by molar-refractivity contribution is -0.126. The Bertz CT molecular complexity index is 391. The second-order valence-corrected chi connectivity index (χ2v) is 4.78. The molecule has 0 aliphatic carbocycles. The molecule has 5 heteroatoms. The van der Waals surface area contributed by atoms with E-state index in [9.17, 15) is 4.79 Å². The predicted octanol–water partition coefficient (Wildman–Crippen LogP) is 0.652. The van der Waals surface area contributed by atoms with Crippen LogP contribution in [0.25, 0.3) is 0 Å². The van der Waals surface area contributed by atoms with E-state index < -0.39 is 0 Å². The third-order valence-corrected chi connectivity index (χ3v) is 3.20. The van der Waals surface area contributed by atoms with Crippen molar-refractivity contribution in [2.75, 3.05) is 46.0 Å². The van der Waals surface area contributed by atoms with Crippen LogP contribution in [0, 0.1) is 0 Å². The Labute approximate surface area is 119 Å². The van der Waals surface area contributed by atoms with Gasteiger partial charge in [-0.3, -0.25) is 9.69 Å². The third-order valence-electron chi connectivity index (χ3n) is 3.20. The fourth-order valence-corrected chi connectivity index (χ4v) is 2.07. The number of carbonyl (C=O) groups excluding carboxylic acids is 1. The van der Waals surface area contributed by atoms with Crippen molar-refractivity contribution in [3.63, 3.8) is 0 Å². The number of hydrogen-bond acceptors (Lipinski definition) is 4. The van der Waals surface area contributed by atoms with Gasteiger partial charge in [-0.05, 0) is 5.56 Å². The van der Waals surface area contributed by atoms with Gasteiger partial charge in [-0.1, -0.05) is 30.3 Å². The van der Waals surface area contributed by atoms with Gasteiger partial charge < -0.3 is 14.8 Å². The lowest BCUT2D eigenvalue weighted by atomic mass is 10.2. The average molecular weight is 278 g/mol. The monoisotopic (exact) mass is 278 g/mol. The van der Waals surface area contributed by atoms with Gasteiger partial charge in [0, 0.05) is 26.2 Å². The second kappa shape index (κ2) is 8.68. The maximum Gasteiger partial charge on any atom is 0.246 e. The van der Waals surface area contributed by atoms with Gasteiger partial charge in [0.05, 0.1) is 19.8 Å². The fourth-order valence-electron chi connectivity index (χ4n) is 2.07. The highest BCUT2D eigenvalue weighted by atomic mass is 16.5. The molecule has 0 bridgehead atoms. The minimum absolute atomic E-state index is 0.0609. The van der Waals surface area contributed by atoms with Crippen LogP contribution in [-0.4, -0.2) is 56.8 Å². The summed E-state index contributed by atoms with van der Waals surface area (Å²) in [6.45, 7) is 5.57. The molecule has 1 fully saturated rings. The number of nitrogens with one attached hydrogen (secondary N) is 1. The van der Waals surface area contributed by atoms with Gasteiger partial charge in [0.1, 0.15) is 6.61 Å². The van der Waals surface area contributed by atoms with Crippen LogP contribution in [0.3, 0.4) is 0 Å². The minimum atomic E-state index is -0.0609. The fraction of sp³-hybridized carbons (Fsp3) is 0.533. The molecular formula is C15H22N2O3. The summed E-state index contributed by atoms with van der Waals surface area (Å²) in [7, 11) is 0. The van der Waals surface area contributed by atoms with Crippen molar-refractivity contribution in [3.05, 3.63) is 35.9 Å². The molecule has 1 N–H and O–H groups in total. The van der Waals surface area contributed by atoms with E-state index in [-0.39, 0.29) is 12.5 Å². The molecule has 1 aliphatic rings. The van der Waals surface area contributed by atoms with Crippen molar-refractivity contribution >= 4 is 5.91 Å². The van der Waals surface area contributed by atoms with Crippen molar-refractivity contribution in [2.24, 2.45) is 0 Å². The van der Waals surface area contributed by atoms with E-state index in [1.54, 1.807) is 0 Å². The van der Waals surface area contributed by atoms with E-state index in [1.807, 2.05) is 30.3 Å². The first-order valence-electron chi connectivity index (χ1n) is 7.03. The molecule has 20 heavy (non-hydrogen) atoms. The summed E-state index contributed by atoms with van der Waals surface area (Å²) < 4.78 is 10.7. The van der Waals surface area contributed by atoms with Gasteiger partial charge in [0.15, 0.2) is 0 Å². The first-order chi connectivity index (χ1) is 9.84.